The first kappa shape index (κ1) is 18.7. The second-order valence-corrected chi connectivity index (χ2v) is 8.71. The molecule has 6 heteroatoms. The molecule has 0 bridgehead atoms. The van der Waals surface area contributed by atoms with E-state index >= 15 is 0 Å². The lowest BCUT2D eigenvalue weighted by Crippen LogP contribution is -2.45. The molecule has 23 heavy (non-hydrogen) atoms. The van der Waals surface area contributed by atoms with Crippen molar-refractivity contribution in [3.63, 3.8) is 0 Å². The Hall–Kier alpha value is -0.620. The van der Waals surface area contributed by atoms with E-state index in [1.807, 2.05) is 26.0 Å². The number of piperidine rings is 1. The summed E-state index contributed by atoms with van der Waals surface area (Å²) in [5, 5.41) is 3.59. The first-order valence-corrected chi connectivity index (χ1v) is 9.71. The summed E-state index contributed by atoms with van der Waals surface area (Å²) < 4.78 is 27.4. The topological polar surface area (TPSA) is 49.4 Å². The van der Waals surface area contributed by atoms with E-state index in [9.17, 15) is 8.42 Å². The summed E-state index contributed by atoms with van der Waals surface area (Å²) in [6, 6.07) is 6.13. The maximum Gasteiger partial charge on any atom is 0.243 e. The molecule has 1 heterocycles. The van der Waals surface area contributed by atoms with E-state index in [1.165, 1.54) is 12.8 Å². The minimum atomic E-state index is -3.35. The number of rotatable bonds is 5. The average molecular weight is 359 g/mol. The zero-order valence-electron chi connectivity index (χ0n) is 13.9. The standard InChI is InChI=1S/C17H26N2O2S.ClH/c1-13-3-4-14(2)17(11-13)22(20,21)19-9-7-16(8-10-19)18-12-15-5-6-15;/h3-4,11,15-16,18H,5-10,12H2,1-2H3;1H. The van der Waals surface area contributed by atoms with Crippen LogP contribution >= 0.6 is 12.4 Å². The molecule has 4 nitrogen and oxygen atoms in total. The second kappa shape index (κ2) is 7.51. The number of aryl methyl sites for hydroxylation is 2. The van der Waals surface area contributed by atoms with Gasteiger partial charge in [0.15, 0.2) is 0 Å². The molecule has 0 atom stereocenters. The van der Waals surface area contributed by atoms with Crippen LogP contribution in [0.2, 0.25) is 0 Å². The van der Waals surface area contributed by atoms with Crippen LogP contribution < -0.4 is 5.32 Å². The van der Waals surface area contributed by atoms with Crippen molar-refractivity contribution in [2.75, 3.05) is 19.6 Å². The summed E-state index contributed by atoms with van der Waals surface area (Å²) >= 11 is 0. The largest absolute Gasteiger partial charge is 0.314 e. The van der Waals surface area contributed by atoms with Gasteiger partial charge in [-0.05, 0) is 69.2 Å². The van der Waals surface area contributed by atoms with Crippen molar-refractivity contribution in [1.29, 1.82) is 0 Å². The molecule has 1 aliphatic carbocycles. The summed E-state index contributed by atoms with van der Waals surface area (Å²) in [4.78, 5) is 0.469. The van der Waals surface area contributed by atoms with Crippen molar-refractivity contribution in [3.8, 4) is 0 Å². The molecule has 1 saturated heterocycles. The van der Waals surface area contributed by atoms with Gasteiger partial charge in [0, 0.05) is 19.1 Å². The van der Waals surface area contributed by atoms with Crippen LogP contribution in [0.1, 0.15) is 36.8 Å². The van der Waals surface area contributed by atoms with Gasteiger partial charge in [-0.15, -0.1) is 12.4 Å². The van der Waals surface area contributed by atoms with E-state index in [1.54, 1.807) is 10.4 Å². The van der Waals surface area contributed by atoms with Crippen LogP contribution in [0.25, 0.3) is 0 Å². The SMILES string of the molecule is Cc1ccc(C)c(S(=O)(=O)N2CCC(NCC3CC3)CC2)c1.Cl. The highest BCUT2D eigenvalue weighted by Gasteiger charge is 2.31. The summed E-state index contributed by atoms with van der Waals surface area (Å²) in [5.41, 5.74) is 1.82. The Labute approximate surface area is 146 Å². The molecule has 2 aliphatic rings. The number of hydrogen-bond donors (Lipinski definition) is 1. The van der Waals surface area contributed by atoms with Gasteiger partial charge in [-0.1, -0.05) is 12.1 Å². The lowest BCUT2D eigenvalue weighted by molar-refractivity contribution is 0.288. The molecule has 0 radical (unpaired) electrons. The predicted molar refractivity (Wildman–Crippen MR) is 95.7 cm³/mol. The van der Waals surface area contributed by atoms with Gasteiger partial charge in [-0.2, -0.15) is 4.31 Å². The highest BCUT2D eigenvalue weighted by atomic mass is 35.5. The van der Waals surface area contributed by atoms with Gasteiger partial charge in [0.2, 0.25) is 10.0 Å². The highest BCUT2D eigenvalue weighted by Crippen LogP contribution is 2.28. The van der Waals surface area contributed by atoms with E-state index in [2.05, 4.69) is 5.32 Å². The fraction of sp³-hybridized carbons (Fsp3) is 0.647. The molecule has 1 aromatic rings. The number of nitrogens with one attached hydrogen (secondary N) is 1. The smallest absolute Gasteiger partial charge is 0.243 e. The lowest BCUT2D eigenvalue weighted by atomic mass is 10.1. The zero-order valence-corrected chi connectivity index (χ0v) is 15.5. The molecule has 0 amide bonds. The molecule has 0 spiro atoms. The predicted octanol–water partition coefficient (Wildman–Crippen LogP) is 2.88. The van der Waals surface area contributed by atoms with Gasteiger partial charge in [-0.25, -0.2) is 8.42 Å². The van der Waals surface area contributed by atoms with Crippen LogP contribution in [0.4, 0.5) is 0 Å². The fourth-order valence-electron chi connectivity index (χ4n) is 3.08. The number of benzene rings is 1. The van der Waals surface area contributed by atoms with Gasteiger partial charge in [0.25, 0.3) is 0 Å². The fourth-order valence-corrected chi connectivity index (χ4v) is 4.86. The molecule has 1 saturated carbocycles. The van der Waals surface area contributed by atoms with Crippen LogP contribution in [-0.4, -0.2) is 38.4 Å². The Morgan fingerprint density at radius 1 is 1.13 bits per heavy atom. The van der Waals surface area contributed by atoms with E-state index in [0.29, 0.717) is 24.0 Å². The highest BCUT2D eigenvalue weighted by molar-refractivity contribution is 7.89. The molecule has 3 rings (SSSR count). The van der Waals surface area contributed by atoms with Gasteiger partial charge < -0.3 is 5.32 Å². The molecule has 1 N–H and O–H groups in total. The molecule has 1 aliphatic heterocycles. The first-order chi connectivity index (χ1) is 10.5. The molecular formula is C17H27ClN2O2S. The van der Waals surface area contributed by atoms with Crippen molar-refractivity contribution in [2.24, 2.45) is 5.92 Å². The van der Waals surface area contributed by atoms with Crippen molar-refractivity contribution in [2.45, 2.75) is 50.5 Å². The van der Waals surface area contributed by atoms with Gasteiger partial charge in [0.1, 0.15) is 0 Å². The second-order valence-electron chi connectivity index (χ2n) is 6.80. The Morgan fingerprint density at radius 3 is 2.39 bits per heavy atom. The molecule has 0 aromatic heterocycles. The Bertz CT molecular complexity index is 636. The van der Waals surface area contributed by atoms with Crippen molar-refractivity contribution in [1.82, 2.24) is 9.62 Å². The molecule has 2 fully saturated rings. The first-order valence-electron chi connectivity index (χ1n) is 8.27. The number of sulfonamides is 1. The summed E-state index contributed by atoms with van der Waals surface area (Å²) in [5.74, 6) is 0.872. The van der Waals surface area contributed by atoms with Gasteiger partial charge in [0.05, 0.1) is 4.90 Å². The van der Waals surface area contributed by atoms with E-state index in [4.69, 9.17) is 0 Å². The number of halogens is 1. The molecule has 1 aromatic carbocycles. The van der Waals surface area contributed by atoms with Crippen molar-refractivity contribution in [3.05, 3.63) is 29.3 Å². The van der Waals surface area contributed by atoms with Gasteiger partial charge >= 0.3 is 0 Å². The van der Waals surface area contributed by atoms with E-state index in [0.717, 1.165) is 36.4 Å². The van der Waals surface area contributed by atoms with Gasteiger partial charge in [-0.3, -0.25) is 0 Å². The van der Waals surface area contributed by atoms with Crippen molar-refractivity contribution >= 4 is 22.4 Å². The third kappa shape index (κ3) is 4.47. The quantitative estimate of drug-likeness (QED) is 0.880. The number of hydrogen-bond acceptors (Lipinski definition) is 3. The minimum absolute atomic E-state index is 0. The average Bonchev–Trinajstić information content (AvgIpc) is 3.32. The zero-order chi connectivity index (χ0) is 15.7. The van der Waals surface area contributed by atoms with E-state index < -0.39 is 10.0 Å². The van der Waals surface area contributed by atoms with Crippen LogP contribution in [-0.2, 0) is 10.0 Å². The Morgan fingerprint density at radius 2 is 1.78 bits per heavy atom. The third-order valence-corrected chi connectivity index (χ3v) is 6.85. The maximum absolute atomic E-state index is 12.8. The summed E-state index contributed by atoms with van der Waals surface area (Å²) in [6.07, 6.45) is 4.54. The van der Waals surface area contributed by atoms with E-state index in [-0.39, 0.29) is 12.4 Å². The Balaban J connectivity index is 0.00000192. The molecule has 130 valence electrons. The molecule has 0 unspecified atom stereocenters. The van der Waals surface area contributed by atoms with Crippen molar-refractivity contribution < 1.29 is 8.42 Å². The monoisotopic (exact) mass is 358 g/mol. The number of nitrogens with zero attached hydrogens (tertiary/aromatic N) is 1. The summed E-state index contributed by atoms with van der Waals surface area (Å²) in [7, 11) is -3.35. The van der Waals surface area contributed by atoms with Crippen LogP contribution in [0, 0.1) is 19.8 Å². The lowest BCUT2D eigenvalue weighted by Gasteiger charge is -2.32. The maximum atomic E-state index is 12.8. The Kier molecular flexibility index (Phi) is 6.11. The molecular weight excluding hydrogens is 332 g/mol. The summed E-state index contributed by atoms with van der Waals surface area (Å²) in [6.45, 7) is 6.16. The van der Waals surface area contributed by atoms with Crippen LogP contribution in [0.5, 0.6) is 0 Å². The van der Waals surface area contributed by atoms with Crippen LogP contribution in [0.15, 0.2) is 23.1 Å². The normalized spacial score (nSPS) is 20.3. The minimum Gasteiger partial charge on any atom is -0.314 e. The third-order valence-electron chi connectivity index (χ3n) is 4.81. The van der Waals surface area contributed by atoms with Crippen LogP contribution in [0.3, 0.4) is 0 Å².